The van der Waals surface area contributed by atoms with Crippen LogP contribution in [0.5, 0.6) is 23.0 Å². The van der Waals surface area contributed by atoms with E-state index in [1.165, 1.54) is 5.56 Å². The van der Waals surface area contributed by atoms with E-state index < -0.39 is 0 Å². The molecule has 0 saturated carbocycles. The zero-order valence-electron chi connectivity index (χ0n) is 26.0. The molecule has 0 fully saturated rings. The lowest BCUT2D eigenvalue weighted by Gasteiger charge is -2.29. The number of fused-ring (bicyclic) bond motifs is 1. The summed E-state index contributed by atoms with van der Waals surface area (Å²) in [5.41, 5.74) is 3.38. The second kappa shape index (κ2) is 16.5. The van der Waals surface area contributed by atoms with Crippen molar-refractivity contribution in [2.24, 2.45) is 11.8 Å². The van der Waals surface area contributed by atoms with E-state index >= 15 is 0 Å². The molecule has 0 bridgehead atoms. The van der Waals surface area contributed by atoms with Crippen LogP contribution in [-0.2, 0) is 27.1 Å². The predicted octanol–water partition coefficient (Wildman–Crippen LogP) is 5.89. The van der Waals surface area contributed by atoms with Gasteiger partial charge in [-0.15, -0.1) is 0 Å². The van der Waals surface area contributed by atoms with Gasteiger partial charge in [0.25, 0.3) is 0 Å². The number of benzene rings is 2. The molecule has 8 nitrogen and oxygen atoms in total. The van der Waals surface area contributed by atoms with Crippen LogP contribution in [0.3, 0.4) is 0 Å². The Kier molecular flexibility index (Phi) is 13.1. The molecule has 0 unspecified atom stereocenters. The second-order valence-electron chi connectivity index (χ2n) is 11.1. The highest BCUT2D eigenvalue weighted by Crippen LogP contribution is 2.40. The molecule has 0 aliphatic heterocycles. The Bertz CT molecular complexity index is 1100. The standard InChI is InChI=1S/C33H49NO7/c1-23(2)26(33(35)41-28-11-8-10-25-21-30(38-6)31(39-7)22-27(25)28)15-17-34(3)16-14-24-12-13-29(37-5)32(20-24)40-19-9-18-36-4/h12-13,20-23,26,28H,8-11,14-19H2,1-7H3/t26-,28-/m0/s1. The Labute approximate surface area is 246 Å². The van der Waals surface area contributed by atoms with Gasteiger partial charge in [-0.3, -0.25) is 4.79 Å². The lowest BCUT2D eigenvalue weighted by atomic mass is 9.88. The number of likely N-dealkylation sites (N-methyl/N-ethyl adjacent to an activating group) is 1. The largest absolute Gasteiger partial charge is 0.493 e. The quantitative estimate of drug-likeness (QED) is 0.172. The fourth-order valence-electron chi connectivity index (χ4n) is 5.33. The van der Waals surface area contributed by atoms with Gasteiger partial charge in [-0.25, -0.2) is 0 Å². The molecule has 228 valence electrons. The Hall–Kier alpha value is -2.97. The van der Waals surface area contributed by atoms with E-state index in [-0.39, 0.29) is 23.9 Å². The molecule has 1 aliphatic rings. The number of nitrogens with zero attached hydrogens (tertiary/aromatic N) is 1. The van der Waals surface area contributed by atoms with Crippen LogP contribution < -0.4 is 18.9 Å². The maximum atomic E-state index is 13.4. The Morgan fingerprint density at radius 1 is 0.927 bits per heavy atom. The Balaban J connectivity index is 1.56. The lowest BCUT2D eigenvalue weighted by Crippen LogP contribution is -2.31. The monoisotopic (exact) mass is 571 g/mol. The molecule has 0 aromatic heterocycles. The number of hydrogen-bond acceptors (Lipinski definition) is 8. The molecule has 0 radical (unpaired) electrons. The van der Waals surface area contributed by atoms with E-state index in [0.717, 1.165) is 74.2 Å². The minimum absolute atomic E-state index is 0.119. The lowest BCUT2D eigenvalue weighted by molar-refractivity contribution is -0.157. The molecule has 2 aromatic rings. The summed E-state index contributed by atoms with van der Waals surface area (Å²) in [6.07, 6.45) is 4.91. The molecule has 8 heteroatoms. The third-order valence-electron chi connectivity index (χ3n) is 7.85. The van der Waals surface area contributed by atoms with Gasteiger partial charge < -0.3 is 33.3 Å². The summed E-state index contributed by atoms with van der Waals surface area (Å²) in [5.74, 6) is 2.76. The zero-order chi connectivity index (χ0) is 29.8. The van der Waals surface area contributed by atoms with Gasteiger partial charge in [-0.1, -0.05) is 19.9 Å². The molecular formula is C33H49NO7. The van der Waals surface area contributed by atoms with Crippen molar-refractivity contribution in [1.82, 2.24) is 4.90 Å². The van der Waals surface area contributed by atoms with Gasteiger partial charge in [0.2, 0.25) is 0 Å². The van der Waals surface area contributed by atoms with E-state index in [4.69, 9.17) is 28.4 Å². The van der Waals surface area contributed by atoms with Crippen LogP contribution in [-0.4, -0.2) is 72.7 Å². The number of ether oxygens (including phenoxy) is 6. The number of esters is 1. The Morgan fingerprint density at radius 3 is 2.34 bits per heavy atom. The summed E-state index contributed by atoms with van der Waals surface area (Å²) in [7, 11) is 8.72. The number of carbonyl (C=O) groups is 1. The molecule has 0 saturated heterocycles. The van der Waals surface area contributed by atoms with Crippen LogP contribution in [0.2, 0.25) is 0 Å². The maximum Gasteiger partial charge on any atom is 0.309 e. The predicted molar refractivity (Wildman–Crippen MR) is 160 cm³/mol. The third kappa shape index (κ3) is 9.27. The number of methoxy groups -OCH3 is 4. The number of rotatable bonds is 17. The van der Waals surface area contributed by atoms with Gasteiger partial charge in [-0.2, -0.15) is 0 Å². The van der Waals surface area contributed by atoms with Crippen LogP contribution in [0.1, 0.15) is 62.3 Å². The van der Waals surface area contributed by atoms with Crippen molar-refractivity contribution in [3.63, 3.8) is 0 Å². The normalized spacial score (nSPS) is 15.4. The minimum Gasteiger partial charge on any atom is -0.493 e. The average molecular weight is 572 g/mol. The smallest absolute Gasteiger partial charge is 0.309 e. The van der Waals surface area contributed by atoms with Gasteiger partial charge in [0.15, 0.2) is 23.0 Å². The van der Waals surface area contributed by atoms with Gasteiger partial charge in [0.1, 0.15) is 6.10 Å². The summed E-state index contributed by atoms with van der Waals surface area (Å²) in [4.78, 5) is 15.7. The van der Waals surface area contributed by atoms with Crippen molar-refractivity contribution in [3.05, 3.63) is 47.0 Å². The highest BCUT2D eigenvalue weighted by Gasteiger charge is 2.30. The summed E-state index contributed by atoms with van der Waals surface area (Å²) < 4.78 is 33.7. The highest BCUT2D eigenvalue weighted by molar-refractivity contribution is 5.73. The summed E-state index contributed by atoms with van der Waals surface area (Å²) in [5, 5.41) is 0. The molecular weight excluding hydrogens is 522 g/mol. The first kappa shape index (κ1) is 32.5. The Morgan fingerprint density at radius 2 is 1.66 bits per heavy atom. The van der Waals surface area contributed by atoms with E-state index in [2.05, 4.69) is 37.9 Å². The third-order valence-corrected chi connectivity index (χ3v) is 7.85. The summed E-state index contributed by atoms with van der Waals surface area (Å²) >= 11 is 0. The van der Waals surface area contributed by atoms with Crippen LogP contribution in [0.4, 0.5) is 0 Å². The van der Waals surface area contributed by atoms with Crippen LogP contribution >= 0.6 is 0 Å². The van der Waals surface area contributed by atoms with E-state index in [1.807, 2.05) is 18.2 Å². The molecule has 41 heavy (non-hydrogen) atoms. The van der Waals surface area contributed by atoms with E-state index in [0.29, 0.717) is 24.7 Å². The van der Waals surface area contributed by atoms with Gasteiger partial charge in [-0.05, 0) is 92.6 Å². The maximum absolute atomic E-state index is 13.4. The second-order valence-corrected chi connectivity index (χ2v) is 11.1. The zero-order valence-corrected chi connectivity index (χ0v) is 26.0. The van der Waals surface area contributed by atoms with Crippen molar-refractivity contribution >= 4 is 5.97 Å². The molecule has 2 aromatic carbocycles. The number of carbonyl (C=O) groups excluding carboxylic acids is 1. The van der Waals surface area contributed by atoms with Crippen molar-refractivity contribution in [3.8, 4) is 23.0 Å². The molecule has 0 N–H and O–H groups in total. The molecule has 0 spiro atoms. The topological polar surface area (TPSA) is 75.7 Å². The number of aryl methyl sites for hydroxylation is 1. The average Bonchev–Trinajstić information content (AvgIpc) is 2.97. The first-order valence-corrected chi connectivity index (χ1v) is 14.7. The highest BCUT2D eigenvalue weighted by atomic mass is 16.5. The molecule has 3 rings (SSSR count). The molecule has 1 aliphatic carbocycles. The molecule has 2 atom stereocenters. The van der Waals surface area contributed by atoms with Gasteiger partial charge in [0, 0.05) is 26.7 Å². The van der Waals surface area contributed by atoms with Crippen molar-refractivity contribution < 1.29 is 33.2 Å². The molecule has 0 heterocycles. The van der Waals surface area contributed by atoms with E-state index in [1.54, 1.807) is 28.4 Å². The van der Waals surface area contributed by atoms with Crippen molar-refractivity contribution in [1.29, 1.82) is 0 Å². The number of hydrogen-bond donors (Lipinski definition) is 0. The van der Waals surface area contributed by atoms with E-state index in [9.17, 15) is 4.79 Å². The SMILES string of the molecule is COCCCOc1cc(CCN(C)CC[C@H](C(=O)O[C@H]2CCCc3cc(OC)c(OC)cc32)C(C)C)ccc1OC. The van der Waals surface area contributed by atoms with Gasteiger partial charge >= 0.3 is 5.97 Å². The van der Waals surface area contributed by atoms with Crippen LogP contribution in [0, 0.1) is 11.8 Å². The summed E-state index contributed by atoms with van der Waals surface area (Å²) in [6.45, 7) is 7.11. The fraction of sp³-hybridized carbons (Fsp3) is 0.606. The van der Waals surface area contributed by atoms with Crippen molar-refractivity contribution in [2.75, 3.05) is 61.8 Å². The first-order valence-electron chi connectivity index (χ1n) is 14.7. The fourth-order valence-corrected chi connectivity index (χ4v) is 5.33. The van der Waals surface area contributed by atoms with Crippen LogP contribution in [0.15, 0.2) is 30.3 Å². The summed E-state index contributed by atoms with van der Waals surface area (Å²) in [6, 6.07) is 10.1. The molecule has 0 amide bonds. The first-order chi connectivity index (χ1) is 19.8. The minimum atomic E-state index is -0.258. The van der Waals surface area contributed by atoms with Crippen molar-refractivity contribution in [2.45, 2.75) is 58.5 Å². The van der Waals surface area contributed by atoms with Gasteiger partial charge in [0.05, 0.1) is 33.9 Å². The van der Waals surface area contributed by atoms with Crippen LogP contribution in [0.25, 0.3) is 0 Å².